The van der Waals surface area contributed by atoms with Crippen LogP contribution in [0.2, 0.25) is 0 Å². The zero-order valence-electron chi connectivity index (χ0n) is 18.8. The van der Waals surface area contributed by atoms with E-state index in [4.69, 9.17) is 9.47 Å². The van der Waals surface area contributed by atoms with E-state index in [1.54, 1.807) is 25.3 Å². The minimum absolute atomic E-state index is 0.0196. The first-order chi connectivity index (χ1) is 16.1. The quantitative estimate of drug-likeness (QED) is 0.531. The Morgan fingerprint density at radius 2 is 1.64 bits per heavy atom. The summed E-state index contributed by atoms with van der Waals surface area (Å²) in [5, 5.41) is 2.89. The number of benzene rings is 3. The van der Waals surface area contributed by atoms with E-state index in [9.17, 15) is 9.59 Å². The third-order valence-corrected chi connectivity index (χ3v) is 5.69. The van der Waals surface area contributed by atoms with E-state index in [0.717, 1.165) is 29.8 Å². The molecule has 170 valence electrons. The Kier molecular flexibility index (Phi) is 7.50. The molecule has 0 aromatic heterocycles. The van der Waals surface area contributed by atoms with Crippen molar-refractivity contribution < 1.29 is 19.1 Å². The summed E-state index contributed by atoms with van der Waals surface area (Å²) in [6.45, 7) is 3.00. The molecule has 33 heavy (non-hydrogen) atoms. The van der Waals surface area contributed by atoms with Crippen molar-refractivity contribution in [1.29, 1.82) is 0 Å². The fraction of sp³-hybridized carbons (Fsp3) is 0.259. The second kappa shape index (κ2) is 10.9. The van der Waals surface area contributed by atoms with Crippen LogP contribution in [0.4, 0.5) is 5.69 Å². The van der Waals surface area contributed by atoms with E-state index in [1.165, 1.54) is 0 Å². The first kappa shape index (κ1) is 22.7. The topological polar surface area (TPSA) is 67.9 Å². The van der Waals surface area contributed by atoms with Crippen LogP contribution in [0.1, 0.15) is 15.9 Å². The van der Waals surface area contributed by atoms with Crippen molar-refractivity contribution in [3.63, 3.8) is 0 Å². The minimum Gasteiger partial charge on any atom is -0.495 e. The molecule has 6 nitrogen and oxygen atoms in total. The highest BCUT2D eigenvalue weighted by Gasteiger charge is 2.17. The minimum atomic E-state index is -0.142. The summed E-state index contributed by atoms with van der Waals surface area (Å²) < 4.78 is 10.7. The zero-order chi connectivity index (χ0) is 23.0. The van der Waals surface area contributed by atoms with Gasteiger partial charge in [0.1, 0.15) is 5.75 Å². The van der Waals surface area contributed by atoms with Crippen molar-refractivity contribution in [2.24, 2.45) is 0 Å². The molecule has 1 aliphatic heterocycles. The van der Waals surface area contributed by atoms with Crippen LogP contribution in [0.25, 0.3) is 11.1 Å². The number of carbonyl (C=O) groups excluding carboxylic acids is 2. The molecule has 0 unspecified atom stereocenters. The van der Waals surface area contributed by atoms with E-state index >= 15 is 0 Å². The van der Waals surface area contributed by atoms with Gasteiger partial charge in [-0.25, -0.2) is 0 Å². The molecule has 0 atom stereocenters. The van der Waals surface area contributed by atoms with Crippen LogP contribution in [0.3, 0.4) is 0 Å². The van der Waals surface area contributed by atoms with Gasteiger partial charge in [-0.3, -0.25) is 14.5 Å². The van der Waals surface area contributed by atoms with Crippen molar-refractivity contribution in [3.05, 3.63) is 83.9 Å². The third-order valence-electron chi connectivity index (χ3n) is 5.69. The molecule has 4 rings (SSSR count). The van der Waals surface area contributed by atoms with Crippen molar-refractivity contribution in [2.45, 2.75) is 6.42 Å². The first-order valence-corrected chi connectivity index (χ1v) is 11.1. The summed E-state index contributed by atoms with van der Waals surface area (Å²) in [6, 6.07) is 23.3. The first-order valence-electron chi connectivity index (χ1n) is 11.1. The van der Waals surface area contributed by atoms with E-state index in [1.807, 2.05) is 47.4 Å². The highest BCUT2D eigenvalue weighted by atomic mass is 16.5. The van der Waals surface area contributed by atoms with E-state index in [2.05, 4.69) is 17.4 Å². The molecule has 1 saturated heterocycles. The number of carbonyl (C=O) groups is 2. The SMILES string of the molecule is COc1ccc(C(=O)Cc2ccc(-c3ccccc3)cc2)cc1NC(=O)CN1CCOCC1. The van der Waals surface area contributed by atoms with Gasteiger partial charge in [0.05, 0.1) is 32.6 Å². The predicted octanol–water partition coefficient (Wildman–Crippen LogP) is 4.06. The highest BCUT2D eigenvalue weighted by Crippen LogP contribution is 2.27. The van der Waals surface area contributed by atoms with Gasteiger partial charge in [0.2, 0.25) is 5.91 Å². The van der Waals surface area contributed by atoms with Crippen LogP contribution in [-0.4, -0.2) is 56.5 Å². The molecule has 0 bridgehead atoms. The van der Waals surface area contributed by atoms with Crippen LogP contribution < -0.4 is 10.1 Å². The van der Waals surface area contributed by atoms with Gasteiger partial charge in [0, 0.05) is 25.1 Å². The van der Waals surface area contributed by atoms with Crippen molar-refractivity contribution in [2.75, 3.05) is 45.3 Å². The van der Waals surface area contributed by atoms with Crippen LogP contribution in [-0.2, 0) is 16.0 Å². The lowest BCUT2D eigenvalue weighted by atomic mass is 9.99. The summed E-state index contributed by atoms with van der Waals surface area (Å²) in [7, 11) is 1.54. The van der Waals surface area contributed by atoms with Crippen LogP contribution in [0.5, 0.6) is 5.75 Å². The number of methoxy groups -OCH3 is 1. The van der Waals surface area contributed by atoms with Gasteiger partial charge in [-0.2, -0.15) is 0 Å². The summed E-state index contributed by atoms with van der Waals surface area (Å²) in [5.41, 5.74) is 4.23. The highest BCUT2D eigenvalue weighted by molar-refractivity contribution is 6.00. The number of anilines is 1. The molecule has 1 fully saturated rings. The Balaban J connectivity index is 1.42. The second-order valence-electron chi connectivity index (χ2n) is 8.01. The van der Waals surface area contributed by atoms with Crippen LogP contribution >= 0.6 is 0 Å². The maximum absolute atomic E-state index is 12.9. The largest absolute Gasteiger partial charge is 0.495 e. The van der Waals surface area contributed by atoms with Gasteiger partial charge in [-0.05, 0) is 34.9 Å². The molecule has 1 N–H and O–H groups in total. The number of ketones is 1. The number of rotatable bonds is 8. The number of ether oxygens (including phenoxy) is 2. The third kappa shape index (κ3) is 6.06. The molecule has 6 heteroatoms. The van der Waals surface area contributed by atoms with Gasteiger partial charge in [0.25, 0.3) is 0 Å². The lowest BCUT2D eigenvalue weighted by molar-refractivity contribution is -0.118. The smallest absolute Gasteiger partial charge is 0.238 e. The zero-order valence-corrected chi connectivity index (χ0v) is 18.8. The molecule has 0 radical (unpaired) electrons. The van der Waals surface area contributed by atoms with Crippen LogP contribution in [0.15, 0.2) is 72.8 Å². The maximum Gasteiger partial charge on any atom is 0.238 e. The Morgan fingerprint density at radius 3 is 2.33 bits per heavy atom. The standard InChI is InChI=1S/C27H28N2O4/c1-32-26-12-11-23(18-24(26)28-27(31)19-29-13-15-33-16-14-29)25(30)17-20-7-9-22(10-8-20)21-5-3-2-4-6-21/h2-12,18H,13-17,19H2,1H3,(H,28,31). The summed E-state index contributed by atoms with van der Waals surface area (Å²) in [6.07, 6.45) is 0.280. The molecule has 1 amide bonds. The average Bonchev–Trinajstić information content (AvgIpc) is 2.85. The Hall–Kier alpha value is -3.48. The Bertz CT molecular complexity index is 1090. The Morgan fingerprint density at radius 1 is 0.939 bits per heavy atom. The van der Waals surface area contributed by atoms with E-state index in [-0.39, 0.29) is 24.7 Å². The van der Waals surface area contributed by atoms with E-state index < -0.39 is 0 Å². The number of nitrogens with one attached hydrogen (secondary N) is 1. The van der Waals surface area contributed by atoms with Gasteiger partial charge < -0.3 is 14.8 Å². The molecule has 3 aromatic carbocycles. The molecule has 3 aromatic rings. The summed E-state index contributed by atoms with van der Waals surface area (Å²) in [5.74, 6) is 0.360. The summed E-state index contributed by atoms with van der Waals surface area (Å²) >= 11 is 0. The molecule has 0 spiro atoms. The number of hydrogen-bond acceptors (Lipinski definition) is 5. The van der Waals surface area contributed by atoms with Gasteiger partial charge in [0.15, 0.2) is 5.78 Å². The molecular formula is C27H28N2O4. The van der Waals surface area contributed by atoms with Crippen molar-refractivity contribution >= 4 is 17.4 Å². The normalized spacial score (nSPS) is 14.0. The lowest BCUT2D eigenvalue weighted by Gasteiger charge is -2.26. The average molecular weight is 445 g/mol. The predicted molar refractivity (Wildman–Crippen MR) is 129 cm³/mol. The van der Waals surface area contributed by atoms with Crippen LogP contribution in [0, 0.1) is 0 Å². The number of nitrogens with zero attached hydrogens (tertiary/aromatic N) is 1. The van der Waals surface area contributed by atoms with E-state index in [0.29, 0.717) is 30.2 Å². The monoisotopic (exact) mass is 444 g/mol. The number of amides is 1. The van der Waals surface area contributed by atoms with Gasteiger partial charge >= 0.3 is 0 Å². The molecule has 0 aliphatic carbocycles. The summed E-state index contributed by atoms with van der Waals surface area (Å²) in [4.78, 5) is 27.5. The maximum atomic E-state index is 12.9. The van der Waals surface area contributed by atoms with Gasteiger partial charge in [-0.15, -0.1) is 0 Å². The molecule has 1 aliphatic rings. The molecule has 0 saturated carbocycles. The number of hydrogen-bond donors (Lipinski definition) is 1. The molecular weight excluding hydrogens is 416 g/mol. The Labute approximate surface area is 194 Å². The number of morpholine rings is 1. The van der Waals surface area contributed by atoms with Gasteiger partial charge in [-0.1, -0.05) is 54.6 Å². The second-order valence-corrected chi connectivity index (χ2v) is 8.01. The molecule has 1 heterocycles. The fourth-order valence-corrected chi connectivity index (χ4v) is 3.86. The van der Waals surface area contributed by atoms with Crippen molar-refractivity contribution in [1.82, 2.24) is 4.90 Å². The number of Topliss-reactive ketones (excluding diaryl/α,β-unsaturated/α-hetero) is 1. The fourth-order valence-electron chi connectivity index (χ4n) is 3.86. The van der Waals surface area contributed by atoms with Crippen molar-refractivity contribution in [3.8, 4) is 16.9 Å². The lowest BCUT2D eigenvalue weighted by Crippen LogP contribution is -2.41.